The third kappa shape index (κ3) is 1.71. The summed E-state index contributed by atoms with van der Waals surface area (Å²) in [5.74, 6) is 0.732. The summed E-state index contributed by atoms with van der Waals surface area (Å²) in [6, 6.07) is 0.536. The highest BCUT2D eigenvalue weighted by Gasteiger charge is 2.64. The average Bonchev–Trinajstić information content (AvgIpc) is 2.75. The van der Waals surface area contributed by atoms with E-state index in [0.29, 0.717) is 16.9 Å². The topological polar surface area (TPSA) is 38.6 Å². The number of methoxy groups -OCH3 is 1. The molecule has 0 atom stereocenters. The summed E-state index contributed by atoms with van der Waals surface area (Å²) in [5, 5.41) is 5.71. The number of aromatic nitrogens is 2. The molecule has 0 spiro atoms. The Kier molecular flexibility index (Phi) is 2.70. The molecule has 5 heteroatoms. The number of nitrogens with zero attached hydrogens (tertiary/aromatic N) is 2. The second kappa shape index (κ2) is 3.96. The van der Waals surface area contributed by atoms with Crippen molar-refractivity contribution >= 4 is 16.3 Å². The van der Waals surface area contributed by atoms with Gasteiger partial charge in [-0.05, 0) is 10.8 Å². The summed E-state index contributed by atoms with van der Waals surface area (Å²) in [7, 11) is 1.68. The van der Waals surface area contributed by atoms with Crippen molar-refractivity contribution in [3.8, 4) is 5.88 Å². The molecule has 2 heterocycles. The van der Waals surface area contributed by atoms with Gasteiger partial charge in [0, 0.05) is 24.2 Å². The van der Waals surface area contributed by atoms with Gasteiger partial charge in [-0.2, -0.15) is 4.98 Å². The Morgan fingerprint density at radius 1 is 1.37 bits per heavy atom. The Balaban J connectivity index is 1.81. The van der Waals surface area contributed by atoms with E-state index in [0.717, 1.165) is 23.1 Å². The van der Waals surface area contributed by atoms with Crippen LogP contribution in [0.5, 0.6) is 5.88 Å². The van der Waals surface area contributed by atoms with Crippen LogP contribution in [0.15, 0.2) is 11.6 Å². The smallest absolute Gasteiger partial charge is 0.237 e. The van der Waals surface area contributed by atoms with Gasteiger partial charge < -0.3 is 10.1 Å². The first-order valence-electron chi connectivity index (χ1n) is 6.61. The number of imidazole rings is 1. The number of ether oxygens (including phenoxy) is 1. The molecule has 104 valence electrons. The van der Waals surface area contributed by atoms with Crippen molar-refractivity contribution in [1.82, 2.24) is 14.7 Å². The molecule has 0 bridgehead atoms. The zero-order chi connectivity index (χ0) is 13.8. The second-order valence-corrected chi connectivity index (χ2v) is 7.25. The fourth-order valence-corrected chi connectivity index (χ4v) is 3.77. The summed E-state index contributed by atoms with van der Waals surface area (Å²) in [6.07, 6.45) is 2.05. The van der Waals surface area contributed by atoms with Crippen molar-refractivity contribution in [2.45, 2.75) is 40.3 Å². The van der Waals surface area contributed by atoms with E-state index in [2.05, 4.69) is 54.0 Å². The zero-order valence-electron chi connectivity index (χ0n) is 12.2. The Bertz CT molecular complexity index is 597. The molecule has 1 fully saturated rings. The third-order valence-electron chi connectivity index (χ3n) is 5.01. The molecule has 0 aliphatic heterocycles. The van der Waals surface area contributed by atoms with Gasteiger partial charge in [0.15, 0.2) is 4.96 Å². The minimum Gasteiger partial charge on any atom is -0.480 e. The number of nitrogens with one attached hydrogen (secondary N) is 1. The van der Waals surface area contributed by atoms with E-state index in [1.807, 2.05) is 0 Å². The van der Waals surface area contributed by atoms with E-state index in [4.69, 9.17) is 4.74 Å². The molecule has 1 aliphatic carbocycles. The molecular formula is C14H21N3OS. The number of fused-ring (bicyclic) bond motifs is 1. The number of thiazole rings is 1. The van der Waals surface area contributed by atoms with E-state index in [1.165, 1.54) is 0 Å². The molecule has 0 aromatic carbocycles. The van der Waals surface area contributed by atoms with Crippen molar-refractivity contribution in [3.05, 3.63) is 17.3 Å². The fourth-order valence-electron chi connectivity index (χ4n) is 3.04. The maximum atomic E-state index is 5.38. The predicted octanol–water partition coefficient (Wildman–Crippen LogP) is 2.93. The monoisotopic (exact) mass is 279 g/mol. The molecule has 2 aromatic heterocycles. The molecule has 0 unspecified atom stereocenters. The van der Waals surface area contributed by atoms with Crippen LogP contribution in [0.4, 0.5) is 0 Å². The summed E-state index contributed by atoms with van der Waals surface area (Å²) in [4.78, 5) is 5.47. The van der Waals surface area contributed by atoms with Crippen LogP contribution in [0.25, 0.3) is 4.96 Å². The van der Waals surface area contributed by atoms with Crippen LogP contribution in [-0.2, 0) is 6.54 Å². The van der Waals surface area contributed by atoms with E-state index in [-0.39, 0.29) is 0 Å². The lowest BCUT2D eigenvalue weighted by atomic mass is 10.0. The van der Waals surface area contributed by atoms with Crippen LogP contribution < -0.4 is 10.1 Å². The summed E-state index contributed by atoms with van der Waals surface area (Å²) in [5.41, 5.74) is 1.80. The Labute approximate surface area is 117 Å². The summed E-state index contributed by atoms with van der Waals surface area (Å²) < 4.78 is 7.49. The molecule has 0 amide bonds. The van der Waals surface area contributed by atoms with Crippen molar-refractivity contribution in [2.24, 2.45) is 10.8 Å². The van der Waals surface area contributed by atoms with Crippen molar-refractivity contribution < 1.29 is 4.74 Å². The first kappa shape index (κ1) is 12.9. The van der Waals surface area contributed by atoms with Crippen molar-refractivity contribution in [1.29, 1.82) is 0 Å². The van der Waals surface area contributed by atoms with Crippen LogP contribution in [0, 0.1) is 10.8 Å². The van der Waals surface area contributed by atoms with Crippen LogP contribution in [0.2, 0.25) is 0 Å². The van der Waals surface area contributed by atoms with Gasteiger partial charge in [0.25, 0.3) is 0 Å². The third-order valence-corrected chi connectivity index (χ3v) is 5.77. The van der Waals surface area contributed by atoms with Crippen LogP contribution in [0.3, 0.4) is 0 Å². The number of rotatable bonds is 4. The minimum absolute atomic E-state index is 0.346. The largest absolute Gasteiger partial charge is 0.480 e. The van der Waals surface area contributed by atoms with Gasteiger partial charge in [0.05, 0.1) is 7.11 Å². The van der Waals surface area contributed by atoms with Crippen LogP contribution in [0.1, 0.15) is 33.4 Å². The Morgan fingerprint density at radius 3 is 2.63 bits per heavy atom. The summed E-state index contributed by atoms with van der Waals surface area (Å²) >= 11 is 1.63. The molecule has 4 nitrogen and oxygen atoms in total. The lowest BCUT2D eigenvalue weighted by Crippen LogP contribution is -2.22. The predicted molar refractivity (Wildman–Crippen MR) is 77.8 cm³/mol. The first-order valence-corrected chi connectivity index (χ1v) is 7.49. The summed E-state index contributed by atoms with van der Waals surface area (Å²) in [6.45, 7) is 10.1. The van der Waals surface area contributed by atoms with Crippen molar-refractivity contribution in [2.75, 3.05) is 7.11 Å². The molecule has 0 radical (unpaired) electrons. The molecule has 1 saturated carbocycles. The first-order chi connectivity index (χ1) is 8.89. The van der Waals surface area contributed by atoms with E-state index < -0.39 is 0 Å². The molecule has 3 rings (SSSR count). The maximum Gasteiger partial charge on any atom is 0.237 e. The quantitative estimate of drug-likeness (QED) is 0.935. The maximum absolute atomic E-state index is 5.38. The molecular weight excluding hydrogens is 258 g/mol. The Hall–Kier alpha value is -1.07. The van der Waals surface area contributed by atoms with E-state index in [9.17, 15) is 0 Å². The van der Waals surface area contributed by atoms with Crippen LogP contribution in [-0.4, -0.2) is 22.5 Å². The molecule has 1 N–H and O–H groups in total. The Morgan fingerprint density at radius 2 is 2.05 bits per heavy atom. The lowest BCUT2D eigenvalue weighted by Gasteiger charge is -2.07. The highest BCUT2D eigenvalue weighted by Crippen LogP contribution is 2.62. The second-order valence-electron chi connectivity index (χ2n) is 6.38. The van der Waals surface area contributed by atoms with Gasteiger partial charge in [0.2, 0.25) is 5.88 Å². The van der Waals surface area contributed by atoms with Gasteiger partial charge in [-0.3, -0.25) is 4.40 Å². The lowest BCUT2D eigenvalue weighted by molar-refractivity contribution is 0.391. The zero-order valence-corrected chi connectivity index (χ0v) is 13.0. The normalized spacial score (nSPS) is 20.9. The van der Waals surface area contributed by atoms with Gasteiger partial charge in [-0.1, -0.05) is 27.7 Å². The molecule has 1 aliphatic rings. The van der Waals surface area contributed by atoms with Crippen LogP contribution >= 0.6 is 11.3 Å². The van der Waals surface area contributed by atoms with Gasteiger partial charge in [-0.25, -0.2) is 0 Å². The number of hydrogen-bond acceptors (Lipinski definition) is 4. The highest BCUT2D eigenvalue weighted by atomic mass is 32.1. The molecule has 2 aromatic rings. The fraction of sp³-hybridized carbons (Fsp3) is 0.643. The van der Waals surface area contributed by atoms with Crippen molar-refractivity contribution in [3.63, 3.8) is 0 Å². The molecule has 19 heavy (non-hydrogen) atoms. The standard InChI is InChI=1S/C14H21N3OS/c1-13(2)11(14(13,3)4)15-8-9-10(18-5)16-12-17(9)6-7-19-12/h6-7,11,15H,8H2,1-5H3. The van der Waals surface area contributed by atoms with Gasteiger partial charge in [-0.15, -0.1) is 11.3 Å². The van der Waals surface area contributed by atoms with E-state index in [1.54, 1.807) is 18.4 Å². The van der Waals surface area contributed by atoms with E-state index >= 15 is 0 Å². The molecule has 0 saturated heterocycles. The van der Waals surface area contributed by atoms with Gasteiger partial charge in [0.1, 0.15) is 5.69 Å². The minimum atomic E-state index is 0.346. The van der Waals surface area contributed by atoms with Gasteiger partial charge >= 0.3 is 0 Å². The SMILES string of the molecule is COc1nc2sccn2c1CNC1C(C)(C)C1(C)C. The average molecular weight is 279 g/mol. The highest BCUT2D eigenvalue weighted by molar-refractivity contribution is 7.15. The number of hydrogen-bond donors (Lipinski definition) is 1.